The van der Waals surface area contributed by atoms with Crippen molar-refractivity contribution in [1.82, 2.24) is 10.3 Å². The molecule has 4 aromatic rings. The second kappa shape index (κ2) is 11.4. The molecule has 0 spiro atoms. The molecule has 0 aliphatic heterocycles. The molecule has 4 N–H and O–H groups in total. The van der Waals surface area contributed by atoms with E-state index < -0.39 is 24.0 Å². The van der Waals surface area contributed by atoms with Crippen molar-refractivity contribution in [3.8, 4) is 0 Å². The fourth-order valence-corrected chi connectivity index (χ4v) is 4.25. The zero-order chi connectivity index (χ0) is 24.6. The van der Waals surface area contributed by atoms with Gasteiger partial charge in [0.2, 0.25) is 5.91 Å². The number of aromatic nitrogens is 1. The highest BCUT2D eigenvalue weighted by Crippen LogP contribution is 2.19. The molecule has 0 radical (unpaired) electrons. The third-order valence-electron chi connectivity index (χ3n) is 6.19. The zero-order valence-electron chi connectivity index (χ0n) is 19.4. The number of carbonyl (C=O) groups is 2. The Morgan fingerprint density at radius 3 is 2.11 bits per heavy atom. The van der Waals surface area contributed by atoms with Gasteiger partial charge in [-0.3, -0.25) is 14.6 Å². The van der Waals surface area contributed by atoms with E-state index in [0.29, 0.717) is 18.4 Å². The van der Waals surface area contributed by atoms with Crippen LogP contribution in [0.25, 0.3) is 10.9 Å². The highest BCUT2D eigenvalue weighted by atomic mass is 16.3. The number of hydrogen-bond acceptors (Lipinski definition) is 4. The van der Waals surface area contributed by atoms with E-state index in [2.05, 4.69) is 10.3 Å². The van der Waals surface area contributed by atoms with Crippen molar-refractivity contribution in [2.45, 2.75) is 31.4 Å². The first kappa shape index (κ1) is 24.1. The molecule has 0 unspecified atom stereocenters. The van der Waals surface area contributed by atoms with Crippen LogP contribution in [-0.2, 0) is 17.6 Å². The number of primary amides is 1. The molecule has 2 amide bonds. The molecule has 0 aliphatic carbocycles. The molecule has 4 rings (SSSR count). The minimum Gasteiger partial charge on any atom is -0.391 e. The fourth-order valence-electron chi connectivity index (χ4n) is 4.25. The average Bonchev–Trinajstić information content (AvgIpc) is 2.88. The van der Waals surface area contributed by atoms with Gasteiger partial charge in [0.25, 0.3) is 5.91 Å². The van der Waals surface area contributed by atoms with Crippen LogP contribution in [0.4, 0.5) is 0 Å². The third kappa shape index (κ3) is 6.52. The lowest BCUT2D eigenvalue weighted by Crippen LogP contribution is -2.46. The van der Waals surface area contributed by atoms with Crippen LogP contribution in [0.15, 0.2) is 97.2 Å². The van der Waals surface area contributed by atoms with Gasteiger partial charge in [0.15, 0.2) is 0 Å². The normalized spacial score (nSPS) is 13.6. The Hall–Kier alpha value is -4.03. The number of nitrogens with zero attached hydrogens (tertiary/aromatic N) is 1. The van der Waals surface area contributed by atoms with Crippen molar-refractivity contribution >= 4 is 22.7 Å². The number of rotatable bonds is 10. The largest absolute Gasteiger partial charge is 0.391 e. The molecule has 0 bridgehead atoms. The topological polar surface area (TPSA) is 105 Å². The Kier molecular flexibility index (Phi) is 7.85. The summed E-state index contributed by atoms with van der Waals surface area (Å²) in [5, 5.41) is 15.0. The first-order valence-corrected chi connectivity index (χ1v) is 11.7. The van der Waals surface area contributed by atoms with Gasteiger partial charge < -0.3 is 16.2 Å². The summed E-state index contributed by atoms with van der Waals surface area (Å²) in [5.41, 5.74) is 8.83. The summed E-state index contributed by atoms with van der Waals surface area (Å²) in [6.45, 7) is 0. The van der Waals surface area contributed by atoms with Crippen LogP contribution in [0, 0.1) is 5.92 Å². The number of nitrogens with two attached hydrogens (primary N) is 1. The van der Waals surface area contributed by atoms with Gasteiger partial charge in [-0.05, 0) is 42.5 Å². The summed E-state index contributed by atoms with van der Waals surface area (Å²) in [7, 11) is 0. The van der Waals surface area contributed by atoms with Gasteiger partial charge in [-0.2, -0.15) is 0 Å². The van der Waals surface area contributed by atoms with E-state index in [1.54, 1.807) is 6.07 Å². The maximum atomic E-state index is 13.2. The van der Waals surface area contributed by atoms with Crippen LogP contribution in [0.3, 0.4) is 0 Å². The van der Waals surface area contributed by atoms with Crippen LogP contribution in [-0.4, -0.2) is 34.1 Å². The van der Waals surface area contributed by atoms with Gasteiger partial charge in [0.05, 0.1) is 23.2 Å². The van der Waals surface area contributed by atoms with Crippen molar-refractivity contribution in [2.75, 3.05) is 0 Å². The van der Waals surface area contributed by atoms with E-state index in [1.807, 2.05) is 84.9 Å². The van der Waals surface area contributed by atoms with E-state index in [-0.39, 0.29) is 12.3 Å². The predicted octanol–water partition coefficient (Wildman–Crippen LogP) is 3.67. The Morgan fingerprint density at radius 2 is 1.46 bits per heavy atom. The molecule has 6 heteroatoms. The van der Waals surface area contributed by atoms with Gasteiger partial charge in [-0.1, -0.05) is 78.9 Å². The molecule has 3 atom stereocenters. The van der Waals surface area contributed by atoms with Crippen LogP contribution in [0.5, 0.6) is 0 Å². The zero-order valence-corrected chi connectivity index (χ0v) is 19.4. The van der Waals surface area contributed by atoms with Gasteiger partial charge in [0.1, 0.15) is 0 Å². The SMILES string of the molecule is NC(=O)[C@H](Cc1ccccc1)C[C@H](O)[C@H](Cc1ccccc1)NC(=O)c1cnc2ccccc2c1. The Labute approximate surface area is 204 Å². The standard InChI is InChI=1S/C29H29N3O3/c30-28(34)23(15-20-9-3-1-4-10-20)18-27(33)26(16-21-11-5-2-6-12-21)32-29(35)24-17-22-13-7-8-14-25(22)31-19-24/h1-14,17,19,23,26-27,33H,15-16,18H2,(H2,30,34)(H,32,35)/t23-,26+,27+/m1/s1. The van der Waals surface area contributed by atoms with E-state index >= 15 is 0 Å². The van der Waals surface area contributed by atoms with Crippen LogP contribution >= 0.6 is 0 Å². The number of benzene rings is 3. The minimum atomic E-state index is -0.978. The van der Waals surface area contributed by atoms with Gasteiger partial charge >= 0.3 is 0 Å². The maximum Gasteiger partial charge on any atom is 0.253 e. The summed E-state index contributed by atoms with van der Waals surface area (Å²) in [4.78, 5) is 29.7. The summed E-state index contributed by atoms with van der Waals surface area (Å²) in [6, 6.07) is 27.9. The van der Waals surface area contributed by atoms with Gasteiger partial charge in [-0.15, -0.1) is 0 Å². The number of nitrogens with one attached hydrogen (secondary N) is 1. The first-order chi connectivity index (χ1) is 17.0. The molecule has 178 valence electrons. The molecule has 0 aliphatic rings. The minimum absolute atomic E-state index is 0.137. The quantitative estimate of drug-likeness (QED) is 0.331. The third-order valence-corrected chi connectivity index (χ3v) is 6.19. The van der Waals surface area contributed by atoms with Crippen LogP contribution in [0.1, 0.15) is 27.9 Å². The second-order valence-electron chi connectivity index (χ2n) is 8.78. The molecule has 0 saturated heterocycles. The number of amides is 2. The van der Waals surface area contributed by atoms with Crippen LogP contribution < -0.4 is 11.1 Å². The number of fused-ring (bicyclic) bond motifs is 1. The summed E-state index contributed by atoms with van der Waals surface area (Å²) in [5.74, 6) is -1.37. The number of aliphatic hydroxyl groups excluding tert-OH is 1. The maximum absolute atomic E-state index is 13.2. The van der Waals surface area contributed by atoms with Crippen molar-refractivity contribution in [2.24, 2.45) is 11.7 Å². The molecule has 6 nitrogen and oxygen atoms in total. The van der Waals surface area contributed by atoms with Crippen molar-refractivity contribution < 1.29 is 14.7 Å². The Bertz CT molecular complexity index is 1280. The summed E-state index contributed by atoms with van der Waals surface area (Å²) in [6.07, 6.45) is 1.52. The Morgan fingerprint density at radius 1 is 0.857 bits per heavy atom. The highest BCUT2D eigenvalue weighted by molar-refractivity contribution is 5.97. The molecule has 0 saturated carbocycles. The highest BCUT2D eigenvalue weighted by Gasteiger charge is 2.28. The fraction of sp³-hybridized carbons (Fsp3) is 0.207. The lowest BCUT2D eigenvalue weighted by molar-refractivity contribution is -0.122. The molecule has 1 aromatic heterocycles. The van der Waals surface area contributed by atoms with Crippen molar-refractivity contribution in [3.05, 3.63) is 114 Å². The van der Waals surface area contributed by atoms with Crippen molar-refractivity contribution in [1.29, 1.82) is 0 Å². The second-order valence-corrected chi connectivity index (χ2v) is 8.78. The number of aliphatic hydroxyl groups is 1. The first-order valence-electron chi connectivity index (χ1n) is 11.7. The number of carbonyl (C=O) groups excluding carboxylic acids is 2. The number of pyridine rings is 1. The van der Waals surface area contributed by atoms with E-state index in [0.717, 1.165) is 22.0 Å². The van der Waals surface area contributed by atoms with Crippen molar-refractivity contribution in [3.63, 3.8) is 0 Å². The lowest BCUT2D eigenvalue weighted by Gasteiger charge is -2.27. The Balaban J connectivity index is 1.53. The number of para-hydroxylation sites is 1. The predicted molar refractivity (Wildman–Crippen MR) is 137 cm³/mol. The molecular weight excluding hydrogens is 438 g/mol. The van der Waals surface area contributed by atoms with Crippen LogP contribution in [0.2, 0.25) is 0 Å². The molecular formula is C29H29N3O3. The lowest BCUT2D eigenvalue weighted by atomic mass is 9.89. The molecule has 0 fully saturated rings. The summed E-state index contributed by atoms with van der Waals surface area (Å²) >= 11 is 0. The monoisotopic (exact) mass is 467 g/mol. The van der Waals surface area contributed by atoms with E-state index in [4.69, 9.17) is 5.73 Å². The molecule has 35 heavy (non-hydrogen) atoms. The van der Waals surface area contributed by atoms with Gasteiger partial charge in [0, 0.05) is 17.5 Å². The number of hydrogen-bond donors (Lipinski definition) is 3. The van der Waals surface area contributed by atoms with E-state index in [1.165, 1.54) is 6.20 Å². The smallest absolute Gasteiger partial charge is 0.253 e. The molecule has 3 aromatic carbocycles. The average molecular weight is 468 g/mol. The van der Waals surface area contributed by atoms with Gasteiger partial charge in [-0.25, -0.2) is 0 Å². The van der Waals surface area contributed by atoms with E-state index in [9.17, 15) is 14.7 Å². The molecule has 1 heterocycles. The summed E-state index contributed by atoms with van der Waals surface area (Å²) < 4.78 is 0.